The van der Waals surface area contributed by atoms with E-state index in [4.69, 9.17) is 4.74 Å². The summed E-state index contributed by atoms with van der Waals surface area (Å²) < 4.78 is 6.98. The third-order valence-corrected chi connectivity index (χ3v) is 3.92. The molecule has 0 saturated heterocycles. The summed E-state index contributed by atoms with van der Waals surface area (Å²) in [4.78, 5) is 35.5. The number of nitrogens with zero attached hydrogens (tertiary/aromatic N) is 1. The number of aromatic nitrogens is 1. The van der Waals surface area contributed by atoms with Crippen LogP contribution >= 0.6 is 0 Å². The summed E-state index contributed by atoms with van der Waals surface area (Å²) in [6.45, 7) is 0.990. The maximum atomic E-state index is 12.3. The lowest BCUT2D eigenvalue weighted by Crippen LogP contribution is -2.21. The standard InChI is InChI=1S/C20H19N3O4/c1-13(24)21-14-6-5-7-15(10-14)22-19(25)12-27-20(26)17-11-23(2)18-9-4-3-8-16(17)18/h3-11H,12H2,1-2H3,(H,21,24)(H,22,25). The molecule has 2 amide bonds. The van der Waals surface area contributed by atoms with Gasteiger partial charge in [0.15, 0.2) is 6.61 Å². The minimum absolute atomic E-state index is 0.206. The molecule has 3 rings (SSSR count). The molecule has 0 radical (unpaired) electrons. The van der Waals surface area contributed by atoms with Gasteiger partial charge >= 0.3 is 5.97 Å². The molecule has 7 heteroatoms. The zero-order chi connectivity index (χ0) is 19.4. The summed E-state index contributed by atoms with van der Waals surface area (Å²) in [6.07, 6.45) is 1.68. The smallest absolute Gasteiger partial charge is 0.340 e. The minimum Gasteiger partial charge on any atom is -0.452 e. The van der Waals surface area contributed by atoms with E-state index in [0.29, 0.717) is 16.9 Å². The highest BCUT2D eigenvalue weighted by Crippen LogP contribution is 2.21. The van der Waals surface area contributed by atoms with Gasteiger partial charge in [-0.2, -0.15) is 0 Å². The van der Waals surface area contributed by atoms with E-state index in [1.165, 1.54) is 6.92 Å². The lowest BCUT2D eigenvalue weighted by atomic mass is 10.2. The Kier molecular flexibility index (Phi) is 5.21. The Morgan fingerprint density at radius 2 is 1.70 bits per heavy atom. The van der Waals surface area contributed by atoms with Gasteiger partial charge in [0, 0.05) is 42.4 Å². The molecule has 27 heavy (non-hydrogen) atoms. The van der Waals surface area contributed by atoms with Crippen LogP contribution in [-0.4, -0.2) is 29.0 Å². The van der Waals surface area contributed by atoms with Gasteiger partial charge in [-0.1, -0.05) is 24.3 Å². The Labute approximate surface area is 155 Å². The zero-order valence-electron chi connectivity index (χ0n) is 15.0. The fraction of sp³-hybridized carbons (Fsp3) is 0.150. The average Bonchev–Trinajstić information content (AvgIpc) is 2.97. The van der Waals surface area contributed by atoms with Crippen LogP contribution in [-0.2, 0) is 21.4 Å². The molecule has 0 saturated carbocycles. The summed E-state index contributed by atoms with van der Waals surface area (Å²) >= 11 is 0. The molecular weight excluding hydrogens is 346 g/mol. The number of rotatable bonds is 5. The molecule has 1 aromatic heterocycles. The first kappa shape index (κ1) is 18.2. The molecular formula is C20H19N3O4. The second-order valence-electron chi connectivity index (χ2n) is 6.06. The van der Waals surface area contributed by atoms with Crippen molar-refractivity contribution in [3.8, 4) is 0 Å². The molecule has 0 spiro atoms. The maximum absolute atomic E-state index is 12.3. The highest BCUT2D eigenvalue weighted by molar-refractivity contribution is 6.05. The number of para-hydroxylation sites is 1. The summed E-state index contributed by atoms with van der Waals surface area (Å²) in [5, 5.41) is 6.04. The van der Waals surface area contributed by atoms with Crippen LogP contribution in [0.15, 0.2) is 54.7 Å². The third-order valence-electron chi connectivity index (χ3n) is 3.92. The predicted molar refractivity (Wildman–Crippen MR) is 103 cm³/mol. The van der Waals surface area contributed by atoms with Crippen LogP contribution < -0.4 is 10.6 Å². The van der Waals surface area contributed by atoms with Gasteiger partial charge in [0.25, 0.3) is 5.91 Å². The number of fused-ring (bicyclic) bond motifs is 1. The number of esters is 1. The maximum Gasteiger partial charge on any atom is 0.340 e. The van der Waals surface area contributed by atoms with Crippen molar-refractivity contribution in [2.75, 3.05) is 17.2 Å². The summed E-state index contributed by atoms with van der Waals surface area (Å²) in [5.41, 5.74) is 2.37. The Balaban J connectivity index is 1.62. The molecule has 0 atom stereocenters. The topological polar surface area (TPSA) is 89.4 Å². The van der Waals surface area contributed by atoms with E-state index in [-0.39, 0.29) is 5.91 Å². The van der Waals surface area contributed by atoms with Crippen LogP contribution in [0.1, 0.15) is 17.3 Å². The van der Waals surface area contributed by atoms with Gasteiger partial charge in [-0.3, -0.25) is 9.59 Å². The van der Waals surface area contributed by atoms with Crippen LogP contribution in [0.3, 0.4) is 0 Å². The van der Waals surface area contributed by atoms with Gasteiger partial charge in [-0.15, -0.1) is 0 Å². The van der Waals surface area contributed by atoms with Crippen molar-refractivity contribution in [2.24, 2.45) is 7.05 Å². The molecule has 138 valence electrons. The van der Waals surface area contributed by atoms with Gasteiger partial charge in [-0.25, -0.2) is 4.79 Å². The second kappa shape index (κ2) is 7.74. The molecule has 0 aliphatic heterocycles. The SMILES string of the molecule is CC(=O)Nc1cccc(NC(=O)COC(=O)c2cn(C)c3ccccc23)c1. The average molecular weight is 365 g/mol. The summed E-state index contributed by atoms with van der Waals surface area (Å²) in [7, 11) is 1.84. The number of ether oxygens (including phenoxy) is 1. The first-order chi connectivity index (χ1) is 12.9. The monoisotopic (exact) mass is 365 g/mol. The van der Waals surface area contributed by atoms with Crippen molar-refractivity contribution in [1.29, 1.82) is 0 Å². The molecule has 2 aromatic carbocycles. The van der Waals surface area contributed by atoms with Crippen LogP contribution in [0.4, 0.5) is 11.4 Å². The number of hydrogen-bond donors (Lipinski definition) is 2. The number of nitrogens with one attached hydrogen (secondary N) is 2. The van der Waals surface area contributed by atoms with E-state index in [1.54, 1.807) is 30.5 Å². The predicted octanol–water partition coefficient (Wildman–Crippen LogP) is 2.93. The molecule has 0 aliphatic rings. The fourth-order valence-electron chi connectivity index (χ4n) is 2.79. The van der Waals surface area contributed by atoms with Crippen molar-refractivity contribution < 1.29 is 19.1 Å². The van der Waals surface area contributed by atoms with Crippen molar-refractivity contribution in [3.05, 3.63) is 60.3 Å². The number of amides is 2. The van der Waals surface area contributed by atoms with Crippen LogP contribution in [0.2, 0.25) is 0 Å². The van der Waals surface area contributed by atoms with Crippen molar-refractivity contribution >= 4 is 40.1 Å². The Morgan fingerprint density at radius 3 is 2.44 bits per heavy atom. The van der Waals surface area contributed by atoms with Gasteiger partial charge < -0.3 is 19.9 Å². The molecule has 3 aromatic rings. The number of carbonyl (C=O) groups is 3. The van der Waals surface area contributed by atoms with Crippen LogP contribution in [0, 0.1) is 0 Å². The first-order valence-corrected chi connectivity index (χ1v) is 8.33. The lowest BCUT2D eigenvalue weighted by Gasteiger charge is -2.08. The van der Waals surface area contributed by atoms with Crippen LogP contribution in [0.25, 0.3) is 10.9 Å². The Morgan fingerprint density at radius 1 is 1.00 bits per heavy atom. The number of hydrogen-bond acceptors (Lipinski definition) is 4. The molecule has 0 bridgehead atoms. The van der Waals surface area contributed by atoms with Crippen molar-refractivity contribution in [2.45, 2.75) is 6.92 Å². The molecule has 1 heterocycles. The highest BCUT2D eigenvalue weighted by atomic mass is 16.5. The fourth-order valence-corrected chi connectivity index (χ4v) is 2.79. The summed E-state index contributed by atoms with van der Waals surface area (Å²) in [5.74, 6) is -1.24. The Hall–Kier alpha value is -3.61. The van der Waals surface area contributed by atoms with E-state index < -0.39 is 18.5 Å². The van der Waals surface area contributed by atoms with E-state index in [0.717, 1.165) is 10.9 Å². The van der Waals surface area contributed by atoms with Crippen molar-refractivity contribution in [3.63, 3.8) is 0 Å². The molecule has 0 fully saturated rings. The van der Waals surface area contributed by atoms with Gasteiger partial charge in [-0.05, 0) is 24.3 Å². The van der Waals surface area contributed by atoms with Gasteiger partial charge in [0.05, 0.1) is 5.56 Å². The van der Waals surface area contributed by atoms with E-state index in [9.17, 15) is 14.4 Å². The summed E-state index contributed by atoms with van der Waals surface area (Å²) in [6, 6.07) is 14.2. The highest BCUT2D eigenvalue weighted by Gasteiger charge is 2.16. The van der Waals surface area contributed by atoms with Gasteiger partial charge in [0.2, 0.25) is 5.91 Å². The quantitative estimate of drug-likeness (QED) is 0.681. The first-order valence-electron chi connectivity index (χ1n) is 8.33. The van der Waals surface area contributed by atoms with E-state index in [1.807, 2.05) is 35.9 Å². The van der Waals surface area contributed by atoms with Crippen molar-refractivity contribution in [1.82, 2.24) is 4.57 Å². The number of carbonyl (C=O) groups excluding carboxylic acids is 3. The third kappa shape index (κ3) is 4.33. The normalized spacial score (nSPS) is 10.4. The molecule has 0 aliphatic carbocycles. The second-order valence-corrected chi connectivity index (χ2v) is 6.06. The van der Waals surface area contributed by atoms with Crippen LogP contribution in [0.5, 0.6) is 0 Å². The number of anilines is 2. The molecule has 2 N–H and O–H groups in total. The molecule has 0 unspecified atom stereocenters. The lowest BCUT2D eigenvalue weighted by molar-refractivity contribution is -0.119. The van der Waals surface area contributed by atoms with E-state index in [2.05, 4.69) is 10.6 Å². The van der Waals surface area contributed by atoms with E-state index >= 15 is 0 Å². The largest absolute Gasteiger partial charge is 0.452 e. The minimum atomic E-state index is -0.561. The molecule has 7 nitrogen and oxygen atoms in total. The number of aryl methyl sites for hydroxylation is 1. The Bertz CT molecular complexity index is 1020. The van der Waals surface area contributed by atoms with Gasteiger partial charge in [0.1, 0.15) is 0 Å². The zero-order valence-corrected chi connectivity index (χ0v) is 15.0. The number of benzene rings is 2.